The van der Waals surface area contributed by atoms with Crippen LogP contribution in [0.4, 0.5) is 0 Å². The molecule has 8 nitrogen and oxygen atoms in total. The number of aliphatic hydroxyl groups excluding tert-OH is 1. The number of rotatable bonds is 3. The lowest BCUT2D eigenvalue weighted by Gasteiger charge is -2.48. The van der Waals surface area contributed by atoms with Gasteiger partial charge in [0.1, 0.15) is 29.8 Å². The van der Waals surface area contributed by atoms with E-state index in [2.05, 4.69) is 26.8 Å². The maximum atomic E-state index is 14.1. The minimum Gasteiger partial charge on any atom is -0.462 e. The molecule has 2 N–H and O–H groups in total. The Morgan fingerprint density at radius 2 is 1.88 bits per heavy atom. The van der Waals surface area contributed by atoms with Crippen LogP contribution in [0.15, 0.2) is 59.3 Å². The number of ether oxygens (including phenoxy) is 5. The molecule has 238 valence electrons. The zero-order valence-corrected chi connectivity index (χ0v) is 26.7. The van der Waals surface area contributed by atoms with Crippen LogP contribution in [0.5, 0.6) is 0 Å². The van der Waals surface area contributed by atoms with E-state index < -0.39 is 47.7 Å². The quantitative estimate of drug-likeness (QED) is 0.347. The summed E-state index contributed by atoms with van der Waals surface area (Å²) in [5.41, 5.74) is 0.594. The van der Waals surface area contributed by atoms with Crippen molar-refractivity contribution in [1.29, 1.82) is 0 Å². The molecule has 4 heterocycles. The second-order valence-electron chi connectivity index (χ2n) is 13.4. The van der Waals surface area contributed by atoms with E-state index in [0.29, 0.717) is 30.8 Å². The maximum Gasteiger partial charge on any atom is 0.316 e. The summed E-state index contributed by atoms with van der Waals surface area (Å²) < 4.78 is 31.5. The highest BCUT2D eigenvalue weighted by molar-refractivity contribution is 5.78. The SMILES string of the molecule is CCC(C)[C@H]1O[C@]2(C=C[C@@H]1C)C[C@@H]1C[C@@H](C/C=C(\C)[C@@H](O)[C@@H](C)/C=C/C=C3\CO[C@@H]4[C@H](OC)C(C)=CC(C(=O)O1)[C@]34O)O2. The van der Waals surface area contributed by atoms with E-state index in [-0.39, 0.29) is 30.7 Å². The third-order valence-corrected chi connectivity index (χ3v) is 10.3. The van der Waals surface area contributed by atoms with Crippen LogP contribution in [-0.2, 0) is 28.5 Å². The van der Waals surface area contributed by atoms with E-state index in [1.165, 1.54) is 0 Å². The fraction of sp³-hybridized carbons (Fsp3) is 0.686. The molecular formula is C35H50O8. The van der Waals surface area contributed by atoms with Crippen molar-refractivity contribution in [3.05, 3.63) is 59.3 Å². The third-order valence-electron chi connectivity index (χ3n) is 10.3. The Kier molecular flexibility index (Phi) is 9.58. The van der Waals surface area contributed by atoms with Gasteiger partial charge in [-0.05, 0) is 49.0 Å². The van der Waals surface area contributed by atoms with Gasteiger partial charge in [0.05, 0.1) is 24.9 Å². The van der Waals surface area contributed by atoms with Crippen LogP contribution in [0, 0.1) is 23.7 Å². The highest BCUT2D eigenvalue weighted by atomic mass is 16.7. The largest absolute Gasteiger partial charge is 0.462 e. The molecule has 8 heteroatoms. The van der Waals surface area contributed by atoms with Crippen LogP contribution >= 0.6 is 0 Å². The summed E-state index contributed by atoms with van der Waals surface area (Å²) in [6.07, 6.45) is 13.0. The summed E-state index contributed by atoms with van der Waals surface area (Å²) in [5.74, 6) is -2.14. The van der Waals surface area contributed by atoms with Crippen LogP contribution in [0.1, 0.15) is 67.2 Å². The molecule has 12 atom stereocenters. The van der Waals surface area contributed by atoms with Gasteiger partial charge in [-0.3, -0.25) is 4.79 Å². The predicted octanol–water partition coefficient (Wildman–Crippen LogP) is 4.96. The maximum absolute atomic E-state index is 14.1. The molecule has 2 bridgehead atoms. The summed E-state index contributed by atoms with van der Waals surface area (Å²) in [6.45, 7) is 12.4. The van der Waals surface area contributed by atoms with Gasteiger partial charge in [0.15, 0.2) is 5.79 Å². The minimum absolute atomic E-state index is 0.0330. The van der Waals surface area contributed by atoms with E-state index in [1.54, 1.807) is 19.3 Å². The number of allylic oxidation sites excluding steroid dienone is 2. The molecule has 5 rings (SSSR count). The molecule has 5 aliphatic rings. The fourth-order valence-electron chi connectivity index (χ4n) is 7.45. The highest BCUT2D eigenvalue weighted by Gasteiger charge is 2.60. The number of methoxy groups -OCH3 is 1. The zero-order valence-electron chi connectivity index (χ0n) is 26.7. The summed E-state index contributed by atoms with van der Waals surface area (Å²) >= 11 is 0. The molecule has 0 aromatic rings. The third kappa shape index (κ3) is 6.11. The van der Waals surface area contributed by atoms with E-state index in [9.17, 15) is 15.0 Å². The standard InChI is InChI=1S/C35H50O8/c1-8-20(2)30-23(5)14-15-34(43-30)18-27-17-26(42-34)13-12-22(4)29(36)21(3)10-9-11-25-19-40-32-31(39-7)24(6)16-28(33(37)41-27)35(25,32)38/h9-12,14-16,20-21,23,26-32,36,38H,8,13,17-19H2,1-7H3/b10-9+,22-12+,25-11+/t20?,21-,23-,26+,27-,28?,29-,30+,31+,32+,34+,35+/m0/s1. The number of hydrogen-bond donors (Lipinski definition) is 2. The summed E-state index contributed by atoms with van der Waals surface area (Å²) in [7, 11) is 1.58. The van der Waals surface area contributed by atoms with Crippen molar-refractivity contribution >= 4 is 5.97 Å². The number of fused-ring (bicyclic) bond motifs is 2. The molecule has 43 heavy (non-hydrogen) atoms. The van der Waals surface area contributed by atoms with Crippen LogP contribution in [0.3, 0.4) is 0 Å². The molecule has 2 saturated heterocycles. The Bertz CT molecular complexity index is 1200. The Labute approximate surface area is 256 Å². The Morgan fingerprint density at radius 1 is 1.12 bits per heavy atom. The normalized spacial score (nSPS) is 47.4. The molecule has 0 aromatic heterocycles. The monoisotopic (exact) mass is 598 g/mol. The lowest BCUT2D eigenvalue weighted by Crippen LogP contribution is -2.58. The second-order valence-corrected chi connectivity index (χ2v) is 13.4. The van der Waals surface area contributed by atoms with Gasteiger partial charge in [-0.25, -0.2) is 0 Å². The number of carbonyl (C=O) groups excluding carboxylic acids is 1. The summed E-state index contributed by atoms with van der Waals surface area (Å²) in [5, 5.41) is 23.4. The van der Waals surface area contributed by atoms with Crippen molar-refractivity contribution in [3.63, 3.8) is 0 Å². The molecule has 0 radical (unpaired) electrons. The zero-order chi connectivity index (χ0) is 31.1. The molecule has 1 spiro atoms. The van der Waals surface area contributed by atoms with Crippen molar-refractivity contribution in [2.75, 3.05) is 13.7 Å². The van der Waals surface area contributed by atoms with Crippen LogP contribution in [0.2, 0.25) is 0 Å². The molecule has 2 fully saturated rings. The first-order valence-electron chi connectivity index (χ1n) is 16.0. The molecule has 0 saturated carbocycles. The lowest BCUT2D eigenvalue weighted by molar-refractivity contribution is -0.300. The minimum atomic E-state index is -1.64. The molecule has 0 aromatic carbocycles. The number of hydrogen-bond acceptors (Lipinski definition) is 8. The first-order chi connectivity index (χ1) is 20.4. The highest BCUT2D eigenvalue weighted by Crippen LogP contribution is 2.47. The average molecular weight is 599 g/mol. The molecule has 0 amide bonds. The smallest absolute Gasteiger partial charge is 0.316 e. The van der Waals surface area contributed by atoms with E-state index in [1.807, 2.05) is 45.1 Å². The van der Waals surface area contributed by atoms with Gasteiger partial charge >= 0.3 is 5.97 Å². The van der Waals surface area contributed by atoms with Crippen molar-refractivity contribution < 1.29 is 38.7 Å². The Morgan fingerprint density at radius 3 is 2.60 bits per heavy atom. The van der Waals surface area contributed by atoms with Gasteiger partial charge < -0.3 is 33.9 Å². The van der Waals surface area contributed by atoms with Crippen molar-refractivity contribution in [3.8, 4) is 0 Å². The van der Waals surface area contributed by atoms with Crippen molar-refractivity contribution in [2.45, 2.75) is 115 Å². The number of esters is 1. The Balaban J connectivity index is 1.55. The lowest BCUT2D eigenvalue weighted by atomic mass is 9.70. The predicted molar refractivity (Wildman–Crippen MR) is 163 cm³/mol. The van der Waals surface area contributed by atoms with E-state index in [4.69, 9.17) is 23.7 Å². The van der Waals surface area contributed by atoms with Gasteiger partial charge in [0.25, 0.3) is 0 Å². The van der Waals surface area contributed by atoms with Crippen LogP contribution in [0.25, 0.3) is 0 Å². The number of carbonyl (C=O) groups is 1. The number of aliphatic hydroxyl groups is 2. The Hall–Kier alpha value is -2.07. The molecular weight excluding hydrogens is 548 g/mol. The van der Waals surface area contributed by atoms with Gasteiger partial charge in [-0.2, -0.15) is 0 Å². The van der Waals surface area contributed by atoms with Gasteiger partial charge in [-0.1, -0.05) is 70.6 Å². The topological polar surface area (TPSA) is 104 Å². The van der Waals surface area contributed by atoms with E-state index in [0.717, 1.165) is 17.6 Å². The fourth-order valence-corrected chi connectivity index (χ4v) is 7.45. The molecule has 2 unspecified atom stereocenters. The second kappa shape index (κ2) is 12.7. The average Bonchev–Trinajstić information content (AvgIpc) is 3.31. The van der Waals surface area contributed by atoms with Crippen LogP contribution in [-0.4, -0.2) is 77.9 Å². The van der Waals surface area contributed by atoms with Gasteiger partial charge in [0, 0.05) is 31.8 Å². The van der Waals surface area contributed by atoms with Crippen molar-refractivity contribution in [2.24, 2.45) is 23.7 Å². The first kappa shape index (κ1) is 32.3. The molecule has 1 aliphatic carbocycles. The van der Waals surface area contributed by atoms with Crippen molar-refractivity contribution in [1.82, 2.24) is 0 Å². The summed E-state index contributed by atoms with van der Waals surface area (Å²) in [6, 6.07) is 0. The van der Waals surface area contributed by atoms with Gasteiger partial charge in [0.2, 0.25) is 0 Å². The van der Waals surface area contributed by atoms with Crippen LogP contribution < -0.4 is 0 Å². The summed E-state index contributed by atoms with van der Waals surface area (Å²) in [4.78, 5) is 14.1. The van der Waals surface area contributed by atoms with E-state index >= 15 is 0 Å². The first-order valence-corrected chi connectivity index (χ1v) is 16.0. The van der Waals surface area contributed by atoms with Gasteiger partial charge in [-0.15, -0.1) is 0 Å². The molecule has 4 aliphatic heterocycles.